The third-order valence-corrected chi connectivity index (χ3v) is 12.4. The van der Waals surface area contributed by atoms with Gasteiger partial charge in [0.05, 0.1) is 11.9 Å². The Morgan fingerprint density at radius 1 is 1.06 bits per heavy atom. The molecule has 2 heterocycles. The summed E-state index contributed by atoms with van der Waals surface area (Å²) >= 11 is 0. The molecule has 1 aromatic heterocycles. The second kappa shape index (κ2) is 8.91. The standard InChI is InChI=1S/C30H45FN2O3/c1-28-12-8-21(33(3)26-11-15-32-17-25(26)31)16-20(28)5-6-24-23(28)9-13-29(2)22(10-14-30(24,29)35)19-4-7-27(34)36-18-19/h4,7,18,20-26,32,35H,5-6,8-17H2,1-3H3/t20-,21+,22-,23+,24-,25+,26?,28+,29-,30+/m1/s1. The van der Waals surface area contributed by atoms with E-state index in [1.54, 1.807) is 6.26 Å². The summed E-state index contributed by atoms with van der Waals surface area (Å²) in [5.41, 5.74) is 0.182. The first-order valence-electron chi connectivity index (χ1n) is 14.6. The molecule has 10 atom stereocenters. The van der Waals surface area contributed by atoms with Crippen LogP contribution in [0.3, 0.4) is 0 Å². The highest BCUT2D eigenvalue weighted by molar-refractivity contribution is 5.27. The van der Waals surface area contributed by atoms with Gasteiger partial charge in [-0.1, -0.05) is 13.8 Å². The Balaban J connectivity index is 1.21. The van der Waals surface area contributed by atoms with Crippen molar-refractivity contribution in [3.05, 3.63) is 34.4 Å². The summed E-state index contributed by atoms with van der Waals surface area (Å²) in [6.45, 7) is 6.23. The van der Waals surface area contributed by atoms with Crippen molar-refractivity contribution in [1.29, 1.82) is 0 Å². The second-order valence-corrected chi connectivity index (χ2v) is 13.5. The average Bonchev–Trinajstić information content (AvgIpc) is 3.15. The van der Waals surface area contributed by atoms with E-state index in [4.69, 9.17) is 4.42 Å². The third kappa shape index (κ3) is 3.60. The fourth-order valence-corrected chi connectivity index (χ4v) is 10.2. The van der Waals surface area contributed by atoms with E-state index < -0.39 is 11.8 Å². The van der Waals surface area contributed by atoms with Crippen LogP contribution in [0.5, 0.6) is 0 Å². The van der Waals surface area contributed by atoms with Crippen molar-refractivity contribution < 1.29 is 13.9 Å². The van der Waals surface area contributed by atoms with Crippen LogP contribution >= 0.6 is 0 Å². The topological polar surface area (TPSA) is 65.7 Å². The van der Waals surface area contributed by atoms with Gasteiger partial charge in [0.15, 0.2) is 0 Å². The van der Waals surface area contributed by atoms with Gasteiger partial charge in [0.2, 0.25) is 0 Å². The number of alkyl halides is 1. The third-order valence-electron chi connectivity index (χ3n) is 12.4. The fourth-order valence-electron chi connectivity index (χ4n) is 10.2. The minimum Gasteiger partial charge on any atom is -0.431 e. The maximum absolute atomic E-state index is 14.7. The molecule has 0 aromatic carbocycles. The summed E-state index contributed by atoms with van der Waals surface area (Å²) in [6.07, 6.45) is 11.5. The van der Waals surface area contributed by atoms with Crippen LogP contribution in [0, 0.1) is 28.6 Å². The minimum atomic E-state index is -0.772. The highest BCUT2D eigenvalue weighted by atomic mass is 19.1. The molecule has 5 aliphatic rings. The van der Waals surface area contributed by atoms with E-state index in [0.29, 0.717) is 30.3 Å². The molecule has 5 nitrogen and oxygen atoms in total. The molecule has 200 valence electrons. The minimum absolute atomic E-state index is 0.0471. The van der Waals surface area contributed by atoms with Gasteiger partial charge in [-0.05, 0) is 119 Å². The number of nitrogens with one attached hydrogen (secondary N) is 1. The van der Waals surface area contributed by atoms with Gasteiger partial charge < -0.3 is 14.8 Å². The first-order valence-corrected chi connectivity index (χ1v) is 14.6. The van der Waals surface area contributed by atoms with Crippen LogP contribution in [0.1, 0.15) is 89.5 Å². The molecule has 6 heteroatoms. The predicted molar refractivity (Wildman–Crippen MR) is 139 cm³/mol. The first-order chi connectivity index (χ1) is 17.2. The van der Waals surface area contributed by atoms with Crippen molar-refractivity contribution in [2.75, 3.05) is 20.1 Å². The van der Waals surface area contributed by atoms with Gasteiger partial charge in [0.25, 0.3) is 0 Å². The number of hydrogen-bond acceptors (Lipinski definition) is 5. The zero-order chi connectivity index (χ0) is 25.3. The van der Waals surface area contributed by atoms with Crippen molar-refractivity contribution >= 4 is 0 Å². The van der Waals surface area contributed by atoms with Crippen LogP contribution in [-0.4, -0.2) is 54.0 Å². The lowest BCUT2D eigenvalue weighted by atomic mass is 9.43. The monoisotopic (exact) mass is 500 g/mol. The van der Waals surface area contributed by atoms with Gasteiger partial charge in [-0.3, -0.25) is 4.90 Å². The zero-order valence-corrected chi connectivity index (χ0v) is 22.3. The maximum atomic E-state index is 14.7. The van der Waals surface area contributed by atoms with Crippen LogP contribution in [0.4, 0.5) is 4.39 Å². The molecule has 1 aliphatic heterocycles. The largest absolute Gasteiger partial charge is 0.431 e. The van der Waals surface area contributed by atoms with Crippen molar-refractivity contribution in [2.24, 2.45) is 28.6 Å². The molecule has 0 spiro atoms. The molecular formula is C30H45FN2O3. The van der Waals surface area contributed by atoms with Gasteiger partial charge >= 0.3 is 5.63 Å². The molecule has 4 aliphatic carbocycles. The van der Waals surface area contributed by atoms with Crippen molar-refractivity contribution in [2.45, 2.75) is 108 Å². The molecule has 5 fully saturated rings. The smallest absolute Gasteiger partial charge is 0.335 e. The Kier molecular flexibility index (Phi) is 6.20. The molecule has 0 amide bonds. The summed E-state index contributed by atoms with van der Waals surface area (Å²) < 4.78 is 19.9. The lowest BCUT2D eigenvalue weighted by Gasteiger charge is -2.64. The molecule has 1 aromatic rings. The van der Waals surface area contributed by atoms with Crippen LogP contribution in [0.15, 0.2) is 27.6 Å². The predicted octanol–water partition coefficient (Wildman–Crippen LogP) is 4.88. The van der Waals surface area contributed by atoms with E-state index in [9.17, 15) is 14.3 Å². The van der Waals surface area contributed by atoms with E-state index in [0.717, 1.165) is 50.6 Å². The molecule has 0 radical (unpaired) electrons. The maximum Gasteiger partial charge on any atom is 0.335 e. The average molecular weight is 501 g/mol. The number of hydrogen-bond donors (Lipinski definition) is 2. The molecule has 2 N–H and O–H groups in total. The number of piperidine rings is 1. The first kappa shape index (κ1) is 25.1. The Morgan fingerprint density at radius 3 is 2.64 bits per heavy atom. The quantitative estimate of drug-likeness (QED) is 0.619. The number of nitrogens with zero attached hydrogens (tertiary/aromatic N) is 1. The van der Waals surface area contributed by atoms with Crippen LogP contribution in [0.25, 0.3) is 0 Å². The normalized spacial score (nSPS) is 48.8. The van der Waals surface area contributed by atoms with Crippen molar-refractivity contribution in [3.8, 4) is 0 Å². The summed E-state index contributed by atoms with van der Waals surface area (Å²) in [6, 6.07) is 3.96. The number of fused-ring (bicyclic) bond motifs is 5. The van der Waals surface area contributed by atoms with E-state index in [2.05, 4.69) is 31.1 Å². The molecule has 4 saturated carbocycles. The molecule has 0 bridgehead atoms. The molecule has 36 heavy (non-hydrogen) atoms. The van der Waals surface area contributed by atoms with Gasteiger partial charge in [-0.15, -0.1) is 0 Å². The van der Waals surface area contributed by atoms with Gasteiger partial charge in [0.1, 0.15) is 6.17 Å². The molecule has 1 saturated heterocycles. The van der Waals surface area contributed by atoms with E-state index >= 15 is 0 Å². The SMILES string of the molecule is CN(C1CCNC[C@@H]1F)[C@H]1CC[C@@]2(C)[C@H](CC[C@@H]3[C@@H]2CC[C@]2(C)[C@@H](c4ccc(=O)oc4)CC[C@]32O)C1. The van der Waals surface area contributed by atoms with Crippen LogP contribution < -0.4 is 10.9 Å². The summed E-state index contributed by atoms with van der Waals surface area (Å²) in [5.74, 6) is 1.79. The van der Waals surface area contributed by atoms with Crippen LogP contribution in [-0.2, 0) is 0 Å². The lowest BCUT2D eigenvalue weighted by molar-refractivity contribution is -0.204. The summed E-state index contributed by atoms with van der Waals surface area (Å²) in [4.78, 5) is 13.9. The van der Waals surface area contributed by atoms with E-state index in [-0.39, 0.29) is 28.4 Å². The lowest BCUT2D eigenvalue weighted by Crippen LogP contribution is -2.63. The number of halogens is 1. The highest BCUT2D eigenvalue weighted by Gasteiger charge is 2.67. The van der Waals surface area contributed by atoms with Crippen molar-refractivity contribution in [1.82, 2.24) is 10.2 Å². The van der Waals surface area contributed by atoms with E-state index in [1.807, 2.05) is 6.07 Å². The van der Waals surface area contributed by atoms with Crippen LogP contribution in [0.2, 0.25) is 0 Å². The summed E-state index contributed by atoms with van der Waals surface area (Å²) in [5, 5.41) is 15.6. The highest BCUT2D eigenvalue weighted by Crippen LogP contribution is 2.70. The molecular weight excluding hydrogens is 455 g/mol. The Bertz CT molecular complexity index is 1010. The zero-order valence-electron chi connectivity index (χ0n) is 22.3. The van der Waals surface area contributed by atoms with Gasteiger partial charge in [0, 0.05) is 30.1 Å². The number of rotatable bonds is 3. The fraction of sp³-hybridized carbons (Fsp3) is 0.833. The second-order valence-electron chi connectivity index (χ2n) is 13.5. The molecule has 6 rings (SSSR count). The molecule has 1 unspecified atom stereocenters. The van der Waals surface area contributed by atoms with Gasteiger partial charge in [-0.25, -0.2) is 9.18 Å². The summed E-state index contributed by atoms with van der Waals surface area (Å²) in [7, 11) is 2.17. The Hall–Kier alpha value is -1.24. The number of aliphatic hydroxyl groups is 1. The van der Waals surface area contributed by atoms with E-state index in [1.165, 1.54) is 31.7 Å². The Morgan fingerprint density at radius 2 is 1.89 bits per heavy atom. The van der Waals surface area contributed by atoms with Gasteiger partial charge in [-0.2, -0.15) is 0 Å². The Labute approximate surface area is 215 Å². The van der Waals surface area contributed by atoms with Crippen molar-refractivity contribution in [3.63, 3.8) is 0 Å².